The lowest BCUT2D eigenvalue weighted by molar-refractivity contribution is -0.102. The van der Waals surface area contributed by atoms with E-state index in [-0.39, 0.29) is 11.8 Å². The smallest absolute Gasteiger partial charge is 0.351 e. The molecule has 2 aliphatic heterocycles. The van der Waals surface area contributed by atoms with Gasteiger partial charge in [0.15, 0.2) is 0 Å². The molecule has 29 heavy (non-hydrogen) atoms. The first-order valence-corrected chi connectivity index (χ1v) is 9.84. The number of nitrogens with zero attached hydrogens (tertiary/aromatic N) is 2. The lowest BCUT2D eigenvalue weighted by Gasteiger charge is -2.24. The predicted octanol–water partition coefficient (Wildman–Crippen LogP) is 1.38. The Morgan fingerprint density at radius 3 is 3.07 bits per heavy atom. The van der Waals surface area contributed by atoms with Gasteiger partial charge in [-0.25, -0.2) is 4.79 Å². The molecular weight excluding hydrogens is 372 g/mol. The van der Waals surface area contributed by atoms with Crippen LogP contribution in [0.25, 0.3) is 11.3 Å². The highest BCUT2D eigenvalue weighted by molar-refractivity contribution is 5.67. The van der Waals surface area contributed by atoms with Gasteiger partial charge >= 0.3 is 5.69 Å². The van der Waals surface area contributed by atoms with Crippen molar-refractivity contribution in [1.82, 2.24) is 9.55 Å². The number of aliphatic hydroxyl groups excluding tert-OH is 1. The normalized spacial score (nSPS) is 18.8. The molecule has 4 rings (SSSR count). The van der Waals surface area contributed by atoms with Crippen LogP contribution in [0.15, 0.2) is 29.1 Å². The molecule has 0 saturated carbocycles. The van der Waals surface area contributed by atoms with Gasteiger partial charge in [0.25, 0.3) is 0 Å². The molecule has 1 aromatic heterocycles. The van der Waals surface area contributed by atoms with E-state index >= 15 is 0 Å². The summed E-state index contributed by atoms with van der Waals surface area (Å²) in [5.74, 6) is 6.37. The topological polar surface area (TPSA) is 82.8 Å². The summed E-state index contributed by atoms with van der Waals surface area (Å²) in [5.41, 5.74) is 3.50. The monoisotopic (exact) mass is 396 g/mol. The zero-order valence-corrected chi connectivity index (χ0v) is 16.4. The van der Waals surface area contributed by atoms with E-state index in [1.54, 1.807) is 11.5 Å². The molecule has 0 bridgehead atoms. The van der Waals surface area contributed by atoms with Gasteiger partial charge < -0.3 is 19.3 Å². The molecule has 7 nitrogen and oxygen atoms in total. The molecular formula is C22H24N2O5. The minimum absolute atomic E-state index is 0.153. The van der Waals surface area contributed by atoms with Crippen molar-refractivity contribution in [2.45, 2.75) is 38.5 Å². The number of hydrogen-bond acceptors (Lipinski definition) is 6. The number of benzene rings is 1. The van der Waals surface area contributed by atoms with Gasteiger partial charge in [0.1, 0.15) is 12.7 Å². The van der Waals surface area contributed by atoms with Crippen LogP contribution in [0.5, 0.6) is 5.88 Å². The largest absolute Gasteiger partial charge is 0.475 e. The molecule has 1 aromatic carbocycles. The molecule has 2 atom stereocenters. The summed E-state index contributed by atoms with van der Waals surface area (Å²) in [4.78, 5) is 16.5. The zero-order chi connectivity index (χ0) is 20.2. The molecule has 1 N–H and O–H groups in total. The summed E-state index contributed by atoms with van der Waals surface area (Å²) < 4.78 is 18.3. The summed E-state index contributed by atoms with van der Waals surface area (Å²) >= 11 is 0. The van der Waals surface area contributed by atoms with E-state index in [4.69, 9.17) is 14.2 Å². The van der Waals surface area contributed by atoms with Crippen LogP contribution in [0.1, 0.15) is 24.5 Å². The lowest BCUT2D eigenvalue weighted by atomic mass is 9.95. The fraction of sp³-hybridized carbons (Fsp3) is 0.455. The van der Waals surface area contributed by atoms with Crippen molar-refractivity contribution in [3.63, 3.8) is 0 Å². The Morgan fingerprint density at radius 2 is 2.28 bits per heavy atom. The maximum Gasteiger partial charge on any atom is 0.351 e. The number of hydrogen-bond donors (Lipinski definition) is 1. The van der Waals surface area contributed by atoms with Crippen molar-refractivity contribution < 1.29 is 19.3 Å². The summed E-state index contributed by atoms with van der Waals surface area (Å²) in [6.45, 7) is 4.20. The van der Waals surface area contributed by atoms with Crippen molar-refractivity contribution in [3.8, 4) is 29.0 Å². The van der Waals surface area contributed by atoms with E-state index in [1.165, 1.54) is 0 Å². The lowest BCUT2D eigenvalue weighted by Crippen LogP contribution is -2.34. The van der Waals surface area contributed by atoms with Crippen molar-refractivity contribution in [3.05, 3.63) is 45.9 Å². The fourth-order valence-electron chi connectivity index (χ4n) is 3.47. The number of fused-ring (bicyclic) bond motifs is 3. The van der Waals surface area contributed by atoms with Crippen LogP contribution in [0, 0.1) is 11.8 Å². The summed E-state index contributed by atoms with van der Waals surface area (Å²) in [5, 5.41) is 9.34. The third kappa shape index (κ3) is 4.67. The quantitative estimate of drug-likeness (QED) is 0.787. The molecule has 0 spiro atoms. The molecule has 0 aliphatic carbocycles. The number of ether oxygens (including phenoxy) is 3. The van der Waals surface area contributed by atoms with Crippen LogP contribution >= 0.6 is 0 Å². The van der Waals surface area contributed by atoms with Crippen LogP contribution in [0.2, 0.25) is 0 Å². The van der Waals surface area contributed by atoms with Gasteiger partial charge in [0, 0.05) is 30.2 Å². The number of aromatic nitrogens is 2. The van der Waals surface area contributed by atoms with Gasteiger partial charge in [-0.15, -0.1) is 0 Å². The predicted molar refractivity (Wildman–Crippen MR) is 107 cm³/mol. The minimum Gasteiger partial charge on any atom is -0.475 e. The molecule has 1 unspecified atom stereocenters. The average molecular weight is 396 g/mol. The molecule has 7 heteroatoms. The molecule has 0 radical (unpaired) electrons. The van der Waals surface area contributed by atoms with E-state index in [2.05, 4.69) is 16.8 Å². The van der Waals surface area contributed by atoms with Gasteiger partial charge in [0.05, 0.1) is 31.6 Å². The van der Waals surface area contributed by atoms with Crippen molar-refractivity contribution >= 4 is 0 Å². The highest BCUT2D eigenvalue weighted by Gasteiger charge is 2.20. The summed E-state index contributed by atoms with van der Waals surface area (Å²) in [6.07, 6.45) is 0.593. The van der Waals surface area contributed by atoms with Gasteiger partial charge in [-0.3, -0.25) is 4.57 Å². The summed E-state index contributed by atoms with van der Waals surface area (Å²) in [6, 6.07) is 7.77. The first-order chi connectivity index (χ1) is 14.1. The van der Waals surface area contributed by atoms with Gasteiger partial charge in [-0.2, -0.15) is 4.98 Å². The van der Waals surface area contributed by atoms with Gasteiger partial charge in [0.2, 0.25) is 5.88 Å². The second-order valence-electron chi connectivity index (χ2n) is 7.27. The van der Waals surface area contributed by atoms with E-state index in [1.807, 2.05) is 24.3 Å². The zero-order valence-electron chi connectivity index (χ0n) is 16.4. The first-order valence-electron chi connectivity index (χ1n) is 9.84. The maximum atomic E-state index is 12.5. The highest BCUT2D eigenvalue weighted by atomic mass is 16.6. The highest BCUT2D eigenvalue weighted by Crippen LogP contribution is 2.30. The SMILES string of the molecule is CC(O)CC#Cc1ccc2c(c1)CCn1c-2cc(OC[C@@H]2COCCO2)nc1=O. The van der Waals surface area contributed by atoms with Crippen LogP contribution < -0.4 is 10.4 Å². The van der Waals surface area contributed by atoms with E-state index in [0.717, 1.165) is 28.8 Å². The Bertz CT molecular complexity index is 996. The third-order valence-electron chi connectivity index (χ3n) is 4.91. The number of aryl methyl sites for hydroxylation is 1. The van der Waals surface area contributed by atoms with E-state index in [0.29, 0.717) is 45.3 Å². The summed E-state index contributed by atoms with van der Waals surface area (Å²) in [7, 11) is 0. The first kappa shape index (κ1) is 19.6. The van der Waals surface area contributed by atoms with Gasteiger partial charge in [-0.1, -0.05) is 17.9 Å². The van der Waals surface area contributed by atoms with Crippen LogP contribution in [-0.2, 0) is 22.4 Å². The number of rotatable bonds is 4. The Balaban J connectivity index is 1.57. The minimum atomic E-state index is -0.435. The van der Waals surface area contributed by atoms with Crippen molar-refractivity contribution in [2.24, 2.45) is 0 Å². The molecule has 3 heterocycles. The third-order valence-corrected chi connectivity index (χ3v) is 4.91. The Hall–Kier alpha value is -2.66. The second-order valence-corrected chi connectivity index (χ2v) is 7.27. The average Bonchev–Trinajstić information content (AvgIpc) is 2.72. The molecule has 1 saturated heterocycles. The maximum absolute atomic E-state index is 12.5. The molecule has 1 fully saturated rings. The Kier molecular flexibility index (Phi) is 5.95. The Labute approximate surface area is 169 Å². The standard InChI is InChI=1S/C22H24N2O5/c1-15(25)3-2-4-16-5-6-19-17(11-16)7-8-24-20(19)12-21(23-22(24)26)29-14-18-13-27-9-10-28-18/h5-6,11-12,15,18,25H,3,7-10,13-14H2,1H3/t15?,18-/m0/s1. The number of aliphatic hydroxyl groups is 1. The van der Waals surface area contributed by atoms with Crippen molar-refractivity contribution in [1.29, 1.82) is 0 Å². The van der Waals surface area contributed by atoms with Crippen LogP contribution in [0.3, 0.4) is 0 Å². The Morgan fingerprint density at radius 1 is 1.38 bits per heavy atom. The fourth-order valence-corrected chi connectivity index (χ4v) is 3.47. The van der Waals surface area contributed by atoms with Crippen LogP contribution in [0.4, 0.5) is 0 Å². The second kappa shape index (κ2) is 8.78. The molecule has 2 aliphatic rings. The molecule has 152 valence electrons. The van der Waals surface area contributed by atoms with Crippen LogP contribution in [-0.4, -0.2) is 53.3 Å². The molecule has 0 amide bonds. The van der Waals surface area contributed by atoms with E-state index < -0.39 is 6.10 Å². The van der Waals surface area contributed by atoms with E-state index in [9.17, 15) is 9.90 Å². The van der Waals surface area contributed by atoms with Gasteiger partial charge in [-0.05, 0) is 31.0 Å². The van der Waals surface area contributed by atoms with Crippen molar-refractivity contribution in [2.75, 3.05) is 26.4 Å². The molecule has 2 aromatic rings.